The Kier molecular flexibility index (Phi) is 3.12. The lowest BCUT2D eigenvalue weighted by molar-refractivity contribution is 0.186. The maximum atomic E-state index is 12.2. The third-order valence-electron chi connectivity index (χ3n) is 2.21. The number of hydrogen-bond acceptors (Lipinski definition) is 1. The topological polar surface area (TPSA) is 26.0 Å². The summed E-state index contributed by atoms with van der Waals surface area (Å²) in [6, 6.07) is -0.0486. The summed E-state index contributed by atoms with van der Waals surface area (Å²) in [4.78, 5) is 0. The first-order chi connectivity index (χ1) is 4.06. The molecule has 0 heterocycles. The Morgan fingerprint density at radius 2 is 2.11 bits per heavy atom. The summed E-state index contributed by atoms with van der Waals surface area (Å²) in [6.07, 6.45) is 0.807. The van der Waals surface area contributed by atoms with Crippen molar-refractivity contribution < 1.29 is 4.39 Å². The molecule has 0 aromatic carbocycles. The highest BCUT2D eigenvalue weighted by Crippen LogP contribution is 2.24. The molecular weight excluding hydrogens is 117 g/mol. The summed E-state index contributed by atoms with van der Waals surface area (Å²) in [7, 11) is 0. The normalized spacial score (nSPS) is 21.0. The van der Waals surface area contributed by atoms with E-state index >= 15 is 0 Å². The van der Waals surface area contributed by atoms with Crippen LogP contribution < -0.4 is 5.73 Å². The summed E-state index contributed by atoms with van der Waals surface area (Å²) in [6.45, 7) is 5.37. The Morgan fingerprint density at radius 1 is 1.67 bits per heavy atom. The first kappa shape index (κ1) is 8.89. The van der Waals surface area contributed by atoms with Crippen molar-refractivity contribution in [3.05, 3.63) is 0 Å². The Hall–Kier alpha value is -0.110. The van der Waals surface area contributed by atoms with Gasteiger partial charge in [-0.15, -0.1) is 0 Å². The molecule has 0 radical (unpaired) electrons. The van der Waals surface area contributed by atoms with Gasteiger partial charge in [-0.1, -0.05) is 13.8 Å². The van der Waals surface area contributed by atoms with Gasteiger partial charge < -0.3 is 5.73 Å². The molecule has 0 saturated heterocycles. The molecule has 56 valence electrons. The Bertz CT molecular complexity index is 77.0. The molecule has 0 spiro atoms. The van der Waals surface area contributed by atoms with E-state index in [1.54, 1.807) is 0 Å². The average Bonchev–Trinajstić information content (AvgIpc) is 1.86. The van der Waals surface area contributed by atoms with Crippen LogP contribution in [0.15, 0.2) is 0 Å². The minimum atomic E-state index is -0.318. The van der Waals surface area contributed by atoms with Crippen LogP contribution in [0.4, 0.5) is 4.39 Å². The maximum absolute atomic E-state index is 12.2. The van der Waals surface area contributed by atoms with Gasteiger partial charge in [0, 0.05) is 11.5 Å². The van der Waals surface area contributed by atoms with Crippen molar-refractivity contribution in [1.29, 1.82) is 0 Å². The molecule has 2 heteroatoms. The lowest BCUT2D eigenvalue weighted by Gasteiger charge is -2.28. The summed E-state index contributed by atoms with van der Waals surface area (Å²) >= 11 is 0. The Labute approximate surface area is 56.4 Å². The second-order valence-corrected chi connectivity index (χ2v) is 2.93. The van der Waals surface area contributed by atoms with Crippen LogP contribution in [0.25, 0.3) is 0 Å². The van der Waals surface area contributed by atoms with Crippen LogP contribution in [-0.4, -0.2) is 12.7 Å². The fraction of sp³-hybridized carbons (Fsp3) is 1.00. The van der Waals surface area contributed by atoms with E-state index in [1.165, 1.54) is 0 Å². The molecular formula is C7H16FN. The Balaban J connectivity index is 3.92. The number of nitrogens with two attached hydrogens (primary N) is 1. The quantitative estimate of drug-likeness (QED) is 0.623. The summed E-state index contributed by atoms with van der Waals surface area (Å²) in [5, 5.41) is 0. The van der Waals surface area contributed by atoms with Crippen LogP contribution >= 0.6 is 0 Å². The molecule has 2 N–H and O–H groups in total. The fourth-order valence-electron chi connectivity index (χ4n) is 0.538. The van der Waals surface area contributed by atoms with Crippen molar-refractivity contribution in [2.75, 3.05) is 6.67 Å². The molecule has 0 aliphatic rings. The van der Waals surface area contributed by atoms with Gasteiger partial charge in [0.15, 0.2) is 0 Å². The van der Waals surface area contributed by atoms with Crippen molar-refractivity contribution in [1.82, 2.24) is 0 Å². The highest BCUT2D eigenvalue weighted by molar-refractivity contribution is 4.79. The van der Waals surface area contributed by atoms with Gasteiger partial charge in [0.25, 0.3) is 0 Å². The third kappa shape index (κ3) is 1.94. The maximum Gasteiger partial charge on any atom is 0.0962 e. The largest absolute Gasteiger partial charge is 0.327 e. The molecule has 1 nitrogen and oxygen atoms in total. The van der Waals surface area contributed by atoms with Crippen molar-refractivity contribution >= 4 is 0 Å². The minimum absolute atomic E-state index is 0.0486. The van der Waals surface area contributed by atoms with Gasteiger partial charge in [0.1, 0.15) is 0 Å². The predicted octanol–water partition coefficient (Wildman–Crippen LogP) is 1.72. The van der Waals surface area contributed by atoms with Crippen molar-refractivity contribution in [3.8, 4) is 0 Å². The predicted molar refractivity (Wildman–Crippen MR) is 38.0 cm³/mol. The van der Waals surface area contributed by atoms with Crippen molar-refractivity contribution in [2.24, 2.45) is 11.1 Å². The van der Waals surface area contributed by atoms with Gasteiger partial charge in [-0.2, -0.15) is 0 Å². The van der Waals surface area contributed by atoms with E-state index in [0.29, 0.717) is 0 Å². The van der Waals surface area contributed by atoms with Crippen LogP contribution in [0.5, 0.6) is 0 Å². The molecule has 9 heavy (non-hydrogen) atoms. The zero-order chi connectivity index (χ0) is 7.49. The van der Waals surface area contributed by atoms with Gasteiger partial charge >= 0.3 is 0 Å². The highest BCUT2D eigenvalue weighted by Gasteiger charge is 2.26. The van der Waals surface area contributed by atoms with Gasteiger partial charge in [-0.05, 0) is 13.3 Å². The van der Waals surface area contributed by atoms with E-state index in [4.69, 9.17) is 5.73 Å². The molecule has 0 rings (SSSR count). The third-order valence-corrected chi connectivity index (χ3v) is 2.21. The zero-order valence-corrected chi connectivity index (χ0v) is 6.45. The van der Waals surface area contributed by atoms with Crippen molar-refractivity contribution in [2.45, 2.75) is 33.2 Å². The van der Waals surface area contributed by atoms with Crippen LogP contribution in [-0.2, 0) is 0 Å². The molecule has 0 aromatic rings. The molecule has 2 atom stereocenters. The number of hydrogen-bond donors (Lipinski definition) is 1. The van der Waals surface area contributed by atoms with Crippen LogP contribution in [0.3, 0.4) is 0 Å². The summed E-state index contributed by atoms with van der Waals surface area (Å²) < 4.78 is 12.2. The fourth-order valence-corrected chi connectivity index (χ4v) is 0.538. The van der Waals surface area contributed by atoms with E-state index in [0.717, 1.165) is 6.42 Å². The molecule has 0 bridgehead atoms. The molecule has 0 amide bonds. The van der Waals surface area contributed by atoms with Crippen LogP contribution in [0, 0.1) is 5.41 Å². The van der Waals surface area contributed by atoms with E-state index in [9.17, 15) is 4.39 Å². The Morgan fingerprint density at radius 3 is 2.11 bits per heavy atom. The monoisotopic (exact) mass is 133 g/mol. The lowest BCUT2D eigenvalue weighted by Crippen LogP contribution is -2.38. The summed E-state index contributed by atoms with van der Waals surface area (Å²) in [5.41, 5.74) is 5.25. The second-order valence-electron chi connectivity index (χ2n) is 2.93. The standard InChI is InChI=1S/C7H16FN/c1-4-7(3,5-8)6(2)9/h6H,4-5,9H2,1-3H3. The minimum Gasteiger partial charge on any atom is -0.327 e. The number of rotatable bonds is 3. The molecule has 0 aromatic heterocycles. The lowest BCUT2D eigenvalue weighted by atomic mass is 9.83. The van der Waals surface area contributed by atoms with E-state index in [1.807, 2.05) is 20.8 Å². The van der Waals surface area contributed by atoms with E-state index in [2.05, 4.69) is 0 Å². The smallest absolute Gasteiger partial charge is 0.0962 e. The zero-order valence-electron chi connectivity index (χ0n) is 6.45. The SMILES string of the molecule is CCC(C)(CF)C(C)N. The van der Waals surface area contributed by atoms with E-state index < -0.39 is 0 Å². The summed E-state index contributed by atoms with van der Waals surface area (Å²) in [5.74, 6) is 0. The van der Waals surface area contributed by atoms with Crippen molar-refractivity contribution in [3.63, 3.8) is 0 Å². The van der Waals surface area contributed by atoms with Gasteiger partial charge in [-0.25, -0.2) is 0 Å². The van der Waals surface area contributed by atoms with Crippen LogP contribution in [0.1, 0.15) is 27.2 Å². The van der Waals surface area contributed by atoms with E-state index in [-0.39, 0.29) is 18.1 Å². The first-order valence-electron chi connectivity index (χ1n) is 3.38. The number of alkyl halides is 1. The molecule has 0 saturated carbocycles. The van der Waals surface area contributed by atoms with Gasteiger partial charge in [0.2, 0.25) is 0 Å². The molecule has 0 aliphatic heterocycles. The van der Waals surface area contributed by atoms with Crippen LogP contribution in [0.2, 0.25) is 0 Å². The molecule has 2 unspecified atom stereocenters. The highest BCUT2D eigenvalue weighted by atomic mass is 19.1. The number of halogens is 1. The average molecular weight is 133 g/mol. The van der Waals surface area contributed by atoms with Gasteiger partial charge in [-0.3, -0.25) is 4.39 Å². The molecule has 0 fully saturated rings. The molecule has 0 aliphatic carbocycles. The first-order valence-corrected chi connectivity index (χ1v) is 3.38. The van der Waals surface area contributed by atoms with Gasteiger partial charge in [0.05, 0.1) is 6.67 Å². The second kappa shape index (κ2) is 3.16.